The maximum absolute atomic E-state index is 9.07. The highest BCUT2D eigenvalue weighted by molar-refractivity contribution is 5.43. The molecule has 0 amide bonds. The summed E-state index contributed by atoms with van der Waals surface area (Å²) in [6.45, 7) is 7.05. The van der Waals surface area contributed by atoms with Gasteiger partial charge in [-0.05, 0) is 28.7 Å². The van der Waals surface area contributed by atoms with Crippen LogP contribution in [-0.4, -0.2) is 0 Å². The lowest BCUT2D eigenvalue weighted by Crippen LogP contribution is -2.15. The number of benzene rings is 2. The van der Waals surface area contributed by atoms with Crippen molar-refractivity contribution < 1.29 is 4.74 Å². The van der Waals surface area contributed by atoms with Crippen LogP contribution >= 0.6 is 0 Å². The van der Waals surface area contributed by atoms with Gasteiger partial charge in [-0.3, -0.25) is 0 Å². The second kappa shape index (κ2) is 5.79. The van der Waals surface area contributed by atoms with Gasteiger partial charge in [0.25, 0.3) is 0 Å². The SMILES string of the molecule is CC(C)(C)c1ccccc1COc1ccccc1C#N. The summed E-state index contributed by atoms with van der Waals surface area (Å²) in [7, 11) is 0. The molecule has 0 aliphatic carbocycles. The van der Waals surface area contributed by atoms with Crippen molar-refractivity contribution in [3.8, 4) is 11.8 Å². The first-order chi connectivity index (χ1) is 9.52. The molecule has 0 radical (unpaired) electrons. The summed E-state index contributed by atoms with van der Waals surface area (Å²) in [5.74, 6) is 0.638. The van der Waals surface area contributed by atoms with E-state index in [1.54, 1.807) is 6.07 Å². The average Bonchev–Trinajstić information content (AvgIpc) is 2.44. The molecule has 2 nitrogen and oxygen atoms in total. The number of hydrogen-bond acceptors (Lipinski definition) is 2. The second-order valence-electron chi connectivity index (χ2n) is 5.80. The highest BCUT2D eigenvalue weighted by atomic mass is 16.5. The van der Waals surface area contributed by atoms with E-state index in [9.17, 15) is 0 Å². The van der Waals surface area contributed by atoms with E-state index in [1.807, 2.05) is 30.3 Å². The standard InChI is InChI=1S/C18H19NO/c1-18(2,3)16-10-6-4-9-15(16)13-20-17-11-7-5-8-14(17)12-19/h4-11H,13H2,1-3H3. The smallest absolute Gasteiger partial charge is 0.137 e. The van der Waals surface area contributed by atoms with Gasteiger partial charge in [-0.2, -0.15) is 5.26 Å². The van der Waals surface area contributed by atoms with Gasteiger partial charge in [-0.25, -0.2) is 0 Å². The van der Waals surface area contributed by atoms with E-state index in [2.05, 4.69) is 39.0 Å². The van der Waals surface area contributed by atoms with Crippen molar-refractivity contribution in [2.75, 3.05) is 0 Å². The monoisotopic (exact) mass is 265 g/mol. The fourth-order valence-corrected chi connectivity index (χ4v) is 2.22. The van der Waals surface area contributed by atoms with E-state index in [4.69, 9.17) is 10.00 Å². The zero-order valence-corrected chi connectivity index (χ0v) is 12.2. The van der Waals surface area contributed by atoms with Crippen LogP contribution in [0, 0.1) is 11.3 Å². The number of nitriles is 1. The lowest BCUT2D eigenvalue weighted by Gasteiger charge is -2.23. The third-order valence-electron chi connectivity index (χ3n) is 3.22. The molecule has 0 fully saturated rings. The highest BCUT2D eigenvalue weighted by Gasteiger charge is 2.17. The van der Waals surface area contributed by atoms with Crippen molar-refractivity contribution in [3.05, 3.63) is 65.2 Å². The Labute approximate surface area is 120 Å². The quantitative estimate of drug-likeness (QED) is 0.822. The van der Waals surface area contributed by atoms with E-state index >= 15 is 0 Å². The molecular weight excluding hydrogens is 246 g/mol. The third-order valence-corrected chi connectivity index (χ3v) is 3.22. The van der Waals surface area contributed by atoms with Gasteiger partial charge in [-0.15, -0.1) is 0 Å². The van der Waals surface area contributed by atoms with E-state index in [0.29, 0.717) is 17.9 Å². The van der Waals surface area contributed by atoms with E-state index in [-0.39, 0.29) is 5.41 Å². The predicted molar refractivity (Wildman–Crippen MR) is 80.6 cm³/mol. The molecule has 0 heterocycles. The number of ether oxygens (including phenoxy) is 1. The molecule has 2 heteroatoms. The molecule has 0 saturated carbocycles. The van der Waals surface area contributed by atoms with Crippen LogP contribution in [0.4, 0.5) is 0 Å². The molecule has 0 aliphatic heterocycles. The first-order valence-corrected chi connectivity index (χ1v) is 6.72. The Morgan fingerprint density at radius 3 is 2.35 bits per heavy atom. The van der Waals surface area contributed by atoms with Crippen LogP contribution in [0.1, 0.15) is 37.5 Å². The van der Waals surface area contributed by atoms with Gasteiger partial charge in [0.2, 0.25) is 0 Å². The lowest BCUT2D eigenvalue weighted by molar-refractivity contribution is 0.302. The zero-order valence-electron chi connectivity index (χ0n) is 12.2. The van der Waals surface area contributed by atoms with Gasteiger partial charge >= 0.3 is 0 Å². The molecule has 2 aromatic rings. The van der Waals surface area contributed by atoms with E-state index in [0.717, 1.165) is 5.56 Å². The summed E-state index contributed by atoms with van der Waals surface area (Å²) in [6.07, 6.45) is 0. The maximum atomic E-state index is 9.07. The molecule has 0 aromatic heterocycles. The zero-order chi connectivity index (χ0) is 14.6. The topological polar surface area (TPSA) is 33.0 Å². The van der Waals surface area contributed by atoms with Crippen LogP contribution < -0.4 is 4.74 Å². The predicted octanol–water partition coefficient (Wildman–Crippen LogP) is 4.43. The molecule has 0 spiro atoms. The van der Waals surface area contributed by atoms with Crippen LogP contribution in [0.2, 0.25) is 0 Å². The highest BCUT2D eigenvalue weighted by Crippen LogP contribution is 2.27. The molecule has 20 heavy (non-hydrogen) atoms. The van der Waals surface area contributed by atoms with Crippen LogP contribution in [0.15, 0.2) is 48.5 Å². The van der Waals surface area contributed by atoms with Crippen molar-refractivity contribution in [1.29, 1.82) is 5.26 Å². The van der Waals surface area contributed by atoms with Gasteiger partial charge < -0.3 is 4.74 Å². The van der Waals surface area contributed by atoms with Crippen molar-refractivity contribution >= 4 is 0 Å². The average molecular weight is 265 g/mol. The van der Waals surface area contributed by atoms with Gasteiger partial charge in [-0.1, -0.05) is 57.2 Å². The minimum Gasteiger partial charge on any atom is -0.488 e. The summed E-state index contributed by atoms with van der Waals surface area (Å²) in [5.41, 5.74) is 3.08. The number of rotatable bonds is 3. The Hall–Kier alpha value is -2.27. The van der Waals surface area contributed by atoms with Crippen LogP contribution in [-0.2, 0) is 12.0 Å². The Balaban J connectivity index is 2.22. The van der Waals surface area contributed by atoms with Crippen LogP contribution in [0.5, 0.6) is 5.75 Å². The van der Waals surface area contributed by atoms with E-state index < -0.39 is 0 Å². The summed E-state index contributed by atoms with van der Waals surface area (Å²) in [4.78, 5) is 0. The Morgan fingerprint density at radius 2 is 1.65 bits per heavy atom. The largest absolute Gasteiger partial charge is 0.488 e. The minimum absolute atomic E-state index is 0.0781. The molecule has 0 unspecified atom stereocenters. The Bertz CT molecular complexity index is 632. The lowest BCUT2D eigenvalue weighted by atomic mass is 9.84. The van der Waals surface area contributed by atoms with Gasteiger partial charge in [0, 0.05) is 0 Å². The third kappa shape index (κ3) is 3.19. The van der Waals surface area contributed by atoms with Crippen molar-refractivity contribution in [3.63, 3.8) is 0 Å². The molecule has 102 valence electrons. The van der Waals surface area contributed by atoms with Crippen molar-refractivity contribution in [2.24, 2.45) is 0 Å². The normalized spacial score (nSPS) is 10.9. The van der Waals surface area contributed by atoms with E-state index in [1.165, 1.54) is 5.56 Å². The summed E-state index contributed by atoms with van der Waals surface area (Å²) < 4.78 is 5.83. The molecule has 0 saturated heterocycles. The number of nitrogens with zero attached hydrogens (tertiary/aromatic N) is 1. The van der Waals surface area contributed by atoms with Crippen LogP contribution in [0.3, 0.4) is 0 Å². The minimum atomic E-state index is 0.0781. The summed E-state index contributed by atoms with van der Waals surface area (Å²) in [6, 6.07) is 17.8. The Kier molecular flexibility index (Phi) is 4.10. The van der Waals surface area contributed by atoms with Gasteiger partial charge in [0.1, 0.15) is 18.4 Å². The summed E-state index contributed by atoms with van der Waals surface area (Å²) in [5, 5.41) is 9.07. The molecule has 0 atom stereocenters. The molecule has 0 N–H and O–H groups in total. The first-order valence-electron chi connectivity index (χ1n) is 6.72. The van der Waals surface area contributed by atoms with Crippen molar-refractivity contribution in [2.45, 2.75) is 32.8 Å². The first kappa shape index (κ1) is 14.1. The van der Waals surface area contributed by atoms with Gasteiger partial charge in [0.15, 0.2) is 0 Å². The van der Waals surface area contributed by atoms with Crippen molar-refractivity contribution in [1.82, 2.24) is 0 Å². The fraction of sp³-hybridized carbons (Fsp3) is 0.278. The summed E-state index contributed by atoms with van der Waals surface area (Å²) >= 11 is 0. The molecule has 0 aliphatic rings. The Morgan fingerprint density at radius 1 is 1.00 bits per heavy atom. The van der Waals surface area contributed by atoms with Crippen LogP contribution in [0.25, 0.3) is 0 Å². The molecule has 0 bridgehead atoms. The molecule has 2 aromatic carbocycles. The molecular formula is C18H19NO. The number of hydrogen-bond donors (Lipinski definition) is 0. The fourth-order valence-electron chi connectivity index (χ4n) is 2.22. The maximum Gasteiger partial charge on any atom is 0.137 e. The number of para-hydroxylation sites is 1. The molecule has 2 rings (SSSR count). The second-order valence-corrected chi connectivity index (χ2v) is 5.80. The van der Waals surface area contributed by atoms with Gasteiger partial charge in [0.05, 0.1) is 5.56 Å².